The highest BCUT2D eigenvalue weighted by atomic mass is 79.9. The molecule has 0 unspecified atom stereocenters. The summed E-state index contributed by atoms with van der Waals surface area (Å²) in [6.45, 7) is 1.11. The minimum Gasteiger partial charge on any atom is -0.274 e. The van der Waals surface area contributed by atoms with Gasteiger partial charge in [0.05, 0.1) is 16.1 Å². The van der Waals surface area contributed by atoms with Crippen molar-refractivity contribution in [2.45, 2.75) is 19.8 Å². The molecule has 0 aromatic carbocycles. The molecule has 0 aromatic heterocycles. The maximum Gasteiger partial charge on any atom is 0.234 e. The normalized spacial score (nSPS) is 9.22. The van der Waals surface area contributed by atoms with Gasteiger partial charge in [-0.25, -0.2) is 8.32 Å². The van der Waals surface area contributed by atoms with Gasteiger partial charge >= 0.3 is 0 Å². The van der Waals surface area contributed by atoms with E-state index in [4.69, 9.17) is 0 Å². The number of amides is 1. The molecule has 0 spiro atoms. The van der Waals surface area contributed by atoms with E-state index >= 15 is 0 Å². The fourth-order valence-electron chi connectivity index (χ4n) is 0.402. The molecule has 0 N–H and O–H groups in total. The van der Waals surface area contributed by atoms with E-state index in [1.54, 1.807) is 0 Å². The SMILES string of the molecule is CCCC(=O)N(Br)CF. The maximum absolute atomic E-state index is 11.6. The zero-order valence-electron chi connectivity index (χ0n) is 5.23. The Morgan fingerprint density at radius 1 is 1.78 bits per heavy atom. The average molecular weight is 198 g/mol. The first kappa shape index (κ1) is 8.88. The first-order chi connectivity index (χ1) is 4.22. The lowest BCUT2D eigenvalue weighted by Crippen LogP contribution is -2.18. The van der Waals surface area contributed by atoms with Crippen LogP contribution in [-0.2, 0) is 4.79 Å². The van der Waals surface area contributed by atoms with Gasteiger partial charge in [-0.2, -0.15) is 0 Å². The lowest BCUT2D eigenvalue weighted by atomic mass is 10.3. The second kappa shape index (κ2) is 4.73. The van der Waals surface area contributed by atoms with Gasteiger partial charge in [-0.3, -0.25) is 4.79 Å². The fraction of sp³-hybridized carbons (Fsp3) is 0.800. The highest BCUT2D eigenvalue weighted by molar-refractivity contribution is 9.07. The van der Waals surface area contributed by atoms with Gasteiger partial charge in [-0.05, 0) is 6.42 Å². The molecule has 0 atom stereocenters. The van der Waals surface area contributed by atoms with Gasteiger partial charge in [0.15, 0.2) is 6.80 Å². The van der Waals surface area contributed by atoms with Gasteiger partial charge in [-0.1, -0.05) is 6.92 Å². The van der Waals surface area contributed by atoms with Crippen LogP contribution in [0.4, 0.5) is 4.39 Å². The molecule has 0 fully saturated rings. The van der Waals surface area contributed by atoms with E-state index in [1.165, 1.54) is 0 Å². The molecular weight excluding hydrogens is 189 g/mol. The van der Waals surface area contributed by atoms with Crippen LogP contribution in [0.1, 0.15) is 19.8 Å². The van der Waals surface area contributed by atoms with Gasteiger partial charge in [0.25, 0.3) is 0 Å². The number of hydrogen-bond donors (Lipinski definition) is 0. The Morgan fingerprint density at radius 3 is 2.67 bits per heavy atom. The molecule has 54 valence electrons. The van der Waals surface area contributed by atoms with Crippen LogP contribution < -0.4 is 0 Å². The summed E-state index contributed by atoms with van der Waals surface area (Å²) < 4.78 is 12.5. The fourth-order valence-corrected chi connectivity index (χ4v) is 0.579. The number of carbonyl (C=O) groups is 1. The van der Waals surface area contributed by atoms with E-state index in [1.807, 2.05) is 6.92 Å². The van der Waals surface area contributed by atoms with Crippen LogP contribution in [0.25, 0.3) is 0 Å². The Hall–Kier alpha value is -0.120. The largest absolute Gasteiger partial charge is 0.274 e. The van der Waals surface area contributed by atoms with Crippen LogP contribution in [0.15, 0.2) is 0 Å². The van der Waals surface area contributed by atoms with Crippen molar-refractivity contribution in [3.8, 4) is 0 Å². The minimum atomic E-state index is -0.765. The van der Waals surface area contributed by atoms with Crippen LogP contribution in [0.2, 0.25) is 0 Å². The van der Waals surface area contributed by atoms with E-state index in [-0.39, 0.29) is 5.91 Å². The molecule has 0 aliphatic heterocycles. The number of rotatable bonds is 3. The van der Waals surface area contributed by atoms with Crippen molar-refractivity contribution in [2.75, 3.05) is 6.80 Å². The Morgan fingerprint density at radius 2 is 2.33 bits per heavy atom. The van der Waals surface area contributed by atoms with Crippen molar-refractivity contribution in [3.63, 3.8) is 0 Å². The van der Waals surface area contributed by atoms with Crippen LogP contribution in [-0.4, -0.2) is 16.6 Å². The molecule has 1 amide bonds. The molecule has 9 heavy (non-hydrogen) atoms. The molecule has 0 saturated carbocycles. The summed E-state index contributed by atoms with van der Waals surface area (Å²) in [6.07, 6.45) is 1.15. The van der Waals surface area contributed by atoms with E-state index in [0.717, 1.165) is 10.3 Å². The standard InChI is InChI=1S/C5H9BrFNO/c1-2-3-5(9)8(6)4-7/h2-4H2,1H3. The number of hydrogen-bond acceptors (Lipinski definition) is 1. The smallest absolute Gasteiger partial charge is 0.234 e. The molecule has 0 aliphatic carbocycles. The second-order valence-corrected chi connectivity index (χ2v) is 2.48. The van der Waals surface area contributed by atoms with E-state index in [9.17, 15) is 9.18 Å². The predicted molar refractivity (Wildman–Crippen MR) is 36.7 cm³/mol. The van der Waals surface area contributed by atoms with Crippen molar-refractivity contribution in [1.29, 1.82) is 0 Å². The molecule has 0 rings (SSSR count). The van der Waals surface area contributed by atoms with Crippen molar-refractivity contribution < 1.29 is 9.18 Å². The lowest BCUT2D eigenvalue weighted by Gasteiger charge is -2.06. The van der Waals surface area contributed by atoms with Gasteiger partial charge in [0.1, 0.15) is 0 Å². The Bertz CT molecular complexity index is 99.0. The molecule has 0 bridgehead atoms. The molecular formula is C5H9BrFNO. The third kappa shape index (κ3) is 3.46. The highest BCUT2D eigenvalue weighted by Gasteiger charge is 2.06. The maximum atomic E-state index is 11.6. The van der Waals surface area contributed by atoms with Gasteiger partial charge < -0.3 is 0 Å². The zero-order valence-corrected chi connectivity index (χ0v) is 6.82. The van der Waals surface area contributed by atoms with Crippen LogP contribution in [0.5, 0.6) is 0 Å². The van der Waals surface area contributed by atoms with E-state index < -0.39 is 6.80 Å². The molecule has 0 radical (unpaired) electrons. The van der Waals surface area contributed by atoms with Gasteiger partial charge in [0.2, 0.25) is 5.91 Å². The molecule has 0 heterocycles. The third-order valence-corrected chi connectivity index (χ3v) is 1.42. The van der Waals surface area contributed by atoms with Crippen molar-refractivity contribution >= 4 is 22.1 Å². The molecule has 0 aliphatic rings. The summed E-state index contributed by atoms with van der Waals surface area (Å²) in [5.41, 5.74) is 0. The molecule has 2 nitrogen and oxygen atoms in total. The third-order valence-electron chi connectivity index (χ3n) is 0.839. The monoisotopic (exact) mass is 197 g/mol. The number of carbonyl (C=O) groups excluding carboxylic acids is 1. The average Bonchev–Trinajstić information content (AvgIpc) is 1.87. The van der Waals surface area contributed by atoms with Gasteiger partial charge in [0, 0.05) is 6.42 Å². The summed E-state index contributed by atoms with van der Waals surface area (Å²) >= 11 is 2.75. The van der Waals surface area contributed by atoms with Crippen LogP contribution in [0, 0.1) is 0 Å². The predicted octanol–water partition coefficient (Wildman–Crippen LogP) is 1.85. The minimum absolute atomic E-state index is 0.208. The van der Waals surface area contributed by atoms with E-state index in [0.29, 0.717) is 6.42 Å². The molecule has 4 heteroatoms. The van der Waals surface area contributed by atoms with Crippen LogP contribution in [0.3, 0.4) is 0 Å². The number of alkyl halides is 1. The first-order valence-corrected chi connectivity index (χ1v) is 3.45. The second-order valence-electron chi connectivity index (χ2n) is 1.63. The lowest BCUT2D eigenvalue weighted by molar-refractivity contribution is -0.126. The van der Waals surface area contributed by atoms with Crippen molar-refractivity contribution in [3.05, 3.63) is 0 Å². The Kier molecular flexibility index (Phi) is 4.67. The summed E-state index contributed by atoms with van der Waals surface area (Å²) in [4.78, 5) is 10.6. The van der Waals surface area contributed by atoms with Crippen molar-refractivity contribution in [2.24, 2.45) is 0 Å². The highest BCUT2D eigenvalue weighted by Crippen LogP contribution is 2.02. The summed E-state index contributed by atoms with van der Waals surface area (Å²) in [5, 5.41) is 0. The summed E-state index contributed by atoms with van der Waals surface area (Å²) in [5.74, 6) is -0.208. The Balaban J connectivity index is 3.46. The van der Waals surface area contributed by atoms with Crippen molar-refractivity contribution in [1.82, 2.24) is 3.93 Å². The zero-order chi connectivity index (χ0) is 7.28. The number of halogens is 2. The van der Waals surface area contributed by atoms with Gasteiger partial charge in [-0.15, -0.1) is 0 Å². The molecule has 0 aromatic rings. The topological polar surface area (TPSA) is 20.3 Å². The number of nitrogens with zero attached hydrogens (tertiary/aromatic N) is 1. The molecule has 0 saturated heterocycles. The first-order valence-electron chi connectivity index (χ1n) is 2.74. The summed E-state index contributed by atoms with van der Waals surface area (Å²) in [7, 11) is 0. The van der Waals surface area contributed by atoms with E-state index in [2.05, 4.69) is 16.1 Å². The summed E-state index contributed by atoms with van der Waals surface area (Å²) in [6, 6.07) is 0. The quantitative estimate of drug-likeness (QED) is 0.500. The van der Waals surface area contributed by atoms with Crippen LogP contribution >= 0.6 is 16.1 Å². The Labute approximate surface area is 62.4 Å².